The number of carbonyl (C=O) groups excluding carboxylic acids is 2. The van der Waals surface area contributed by atoms with Crippen LogP contribution in [0.15, 0.2) is 48.5 Å². The first-order chi connectivity index (χ1) is 13.0. The molecule has 0 aliphatic heterocycles. The molecule has 2 rings (SSSR count). The zero-order chi connectivity index (χ0) is 19.6. The van der Waals surface area contributed by atoms with E-state index in [2.05, 4.69) is 10.9 Å². The van der Waals surface area contributed by atoms with Crippen LogP contribution in [0, 0.1) is 13.8 Å². The van der Waals surface area contributed by atoms with Gasteiger partial charge in [0.05, 0.1) is 6.61 Å². The molecule has 2 N–H and O–H groups in total. The number of hydrogen-bond donors (Lipinski definition) is 2. The minimum Gasteiger partial charge on any atom is -0.494 e. The first kappa shape index (κ1) is 20.0. The number of nitrogens with one attached hydrogen (secondary N) is 2. The predicted octanol–water partition coefficient (Wildman–Crippen LogP) is 2.94. The normalized spacial score (nSPS) is 10.5. The molecule has 0 unspecified atom stereocenters. The van der Waals surface area contributed by atoms with Crippen LogP contribution in [0.5, 0.6) is 11.5 Å². The van der Waals surface area contributed by atoms with Gasteiger partial charge in [-0.05, 0) is 56.2 Å². The average molecular weight is 368 g/mol. The molecule has 0 radical (unpaired) electrons. The van der Waals surface area contributed by atoms with Crippen LogP contribution in [0.25, 0.3) is 6.08 Å². The van der Waals surface area contributed by atoms with Gasteiger partial charge in [0.2, 0.25) is 0 Å². The number of amides is 2. The van der Waals surface area contributed by atoms with E-state index in [1.165, 1.54) is 6.08 Å². The van der Waals surface area contributed by atoms with E-state index in [0.717, 1.165) is 22.4 Å². The van der Waals surface area contributed by atoms with Crippen molar-refractivity contribution in [2.75, 3.05) is 13.2 Å². The summed E-state index contributed by atoms with van der Waals surface area (Å²) in [6.45, 7) is 6.23. The Bertz CT molecular complexity index is 813. The van der Waals surface area contributed by atoms with Gasteiger partial charge in [0.1, 0.15) is 11.5 Å². The Labute approximate surface area is 159 Å². The average Bonchev–Trinajstić information content (AvgIpc) is 2.65. The Kier molecular flexibility index (Phi) is 7.43. The molecule has 0 saturated heterocycles. The topological polar surface area (TPSA) is 76.7 Å². The van der Waals surface area contributed by atoms with Crippen LogP contribution < -0.4 is 20.3 Å². The van der Waals surface area contributed by atoms with Gasteiger partial charge in [0.25, 0.3) is 11.8 Å². The van der Waals surface area contributed by atoms with Gasteiger partial charge in [-0.2, -0.15) is 0 Å². The summed E-state index contributed by atoms with van der Waals surface area (Å²) in [7, 11) is 0. The minimum absolute atomic E-state index is 0.188. The molecule has 142 valence electrons. The number of carbonyl (C=O) groups is 2. The number of hydrazine groups is 1. The standard InChI is InChI=1S/C21H24N2O4/c1-4-26-18-9-6-17(7-10-18)8-12-20(24)22-23-21(25)14-27-19-11-5-15(2)13-16(19)3/h5-13H,4,14H2,1-3H3,(H,22,24)(H,23,25)/b12-8+. The van der Waals surface area contributed by atoms with Crippen LogP contribution >= 0.6 is 0 Å². The Hall–Kier alpha value is -3.28. The predicted molar refractivity (Wildman–Crippen MR) is 104 cm³/mol. The zero-order valence-electron chi connectivity index (χ0n) is 15.7. The molecule has 27 heavy (non-hydrogen) atoms. The molecular weight excluding hydrogens is 344 g/mol. The second-order valence-corrected chi connectivity index (χ2v) is 5.93. The summed E-state index contributed by atoms with van der Waals surface area (Å²) >= 11 is 0. The first-order valence-corrected chi connectivity index (χ1v) is 8.67. The third kappa shape index (κ3) is 6.86. The van der Waals surface area contributed by atoms with Crippen molar-refractivity contribution in [3.63, 3.8) is 0 Å². The highest BCUT2D eigenvalue weighted by Gasteiger charge is 2.05. The lowest BCUT2D eigenvalue weighted by atomic mass is 10.1. The van der Waals surface area contributed by atoms with Crippen LogP contribution in [-0.4, -0.2) is 25.0 Å². The number of aryl methyl sites for hydroxylation is 2. The molecule has 0 heterocycles. The molecular formula is C21H24N2O4. The molecule has 0 aliphatic rings. The SMILES string of the molecule is CCOc1ccc(/C=C/C(=O)NNC(=O)COc2ccc(C)cc2C)cc1. The molecule has 2 aromatic carbocycles. The molecule has 0 aromatic heterocycles. The smallest absolute Gasteiger partial charge is 0.276 e. The molecule has 0 saturated carbocycles. The van der Waals surface area contributed by atoms with E-state index >= 15 is 0 Å². The molecule has 0 aliphatic carbocycles. The molecule has 0 spiro atoms. The summed E-state index contributed by atoms with van der Waals surface area (Å²) in [5, 5.41) is 0. The first-order valence-electron chi connectivity index (χ1n) is 8.67. The molecule has 0 fully saturated rings. The minimum atomic E-state index is -0.446. The number of ether oxygens (including phenoxy) is 2. The molecule has 0 bridgehead atoms. The van der Waals surface area contributed by atoms with Gasteiger partial charge in [-0.25, -0.2) is 0 Å². The quantitative estimate of drug-likeness (QED) is 0.582. The van der Waals surface area contributed by atoms with E-state index in [0.29, 0.717) is 12.4 Å². The van der Waals surface area contributed by atoms with E-state index in [1.54, 1.807) is 6.08 Å². The summed E-state index contributed by atoms with van der Waals surface area (Å²) in [5.41, 5.74) is 7.54. The molecule has 2 aromatic rings. The van der Waals surface area contributed by atoms with Gasteiger partial charge < -0.3 is 9.47 Å². The van der Waals surface area contributed by atoms with Crippen molar-refractivity contribution in [1.82, 2.24) is 10.9 Å². The molecule has 2 amide bonds. The Balaban J connectivity index is 1.74. The fourth-order valence-corrected chi connectivity index (χ4v) is 2.33. The Morgan fingerprint density at radius 3 is 2.41 bits per heavy atom. The highest BCUT2D eigenvalue weighted by atomic mass is 16.5. The van der Waals surface area contributed by atoms with E-state index in [9.17, 15) is 9.59 Å². The van der Waals surface area contributed by atoms with E-state index in [1.807, 2.05) is 63.2 Å². The number of benzene rings is 2. The maximum atomic E-state index is 11.8. The second-order valence-electron chi connectivity index (χ2n) is 5.93. The van der Waals surface area contributed by atoms with Gasteiger partial charge >= 0.3 is 0 Å². The van der Waals surface area contributed by atoms with E-state index in [-0.39, 0.29) is 6.61 Å². The van der Waals surface area contributed by atoms with Crippen molar-refractivity contribution < 1.29 is 19.1 Å². The Morgan fingerprint density at radius 2 is 1.74 bits per heavy atom. The van der Waals surface area contributed by atoms with Crippen LogP contribution in [0.1, 0.15) is 23.6 Å². The highest BCUT2D eigenvalue weighted by molar-refractivity contribution is 5.93. The van der Waals surface area contributed by atoms with E-state index in [4.69, 9.17) is 9.47 Å². The van der Waals surface area contributed by atoms with Gasteiger partial charge in [0.15, 0.2) is 6.61 Å². The lowest BCUT2D eigenvalue weighted by molar-refractivity contribution is -0.128. The highest BCUT2D eigenvalue weighted by Crippen LogP contribution is 2.18. The summed E-state index contributed by atoms with van der Waals surface area (Å²) in [5.74, 6) is 0.522. The van der Waals surface area contributed by atoms with Gasteiger partial charge in [0, 0.05) is 6.08 Å². The van der Waals surface area contributed by atoms with Crippen LogP contribution in [0.3, 0.4) is 0 Å². The van der Waals surface area contributed by atoms with Gasteiger partial charge in [-0.3, -0.25) is 20.4 Å². The van der Waals surface area contributed by atoms with Crippen molar-refractivity contribution >= 4 is 17.9 Å². The van der Waals surface area contributed by atoms with Crippen LogP contribution in [0.4, 0.5) is 0 Å². The maximum absolute atomic E-state index is 11.8. The van der Waals surface area contributed by atoms with Crippen molar-refractivity contribution in [1.29, 1.82) is 0 Å². The van der Waals surface area contributed by atoms with Crippen LogP contribution in [-0.2, 0) is 9.59 Å². The van der Waals surface area contributed by atoms with Crippen molar-refractivity contribution in [2.45, 2.75) is 20.8 Å². The van der Waals surface area contributed by atoms with Crippen molar-refractivity contribution in [2.24, 2.45) is 0 Å². The molecule has 0 atom stereocenters. The fraction of sp³-hybridized carbons (Fsp3) is 0.238. The molecule has 6 heteroatoms. The van der Waals surface area contributed by atoms with Crippen molar-refractivity contribution in [3.05, 3.63) is 65.2 Å². The summed E-state index contributed by atoms with van der Waals surface area (Å²) in [6.07, 6.45) is 2.98. The van der Waals surface area contributed by atoms with E-state index < -0.39 is 11.8 Å². The third-order valence-electron chi connectivity index (χ3n) is 3.63. The summed E-state index contributed by atoms with van der Waals surface area (Å²) < 4.78 is 10.8. The zero-order valence-corrected chi connectivity index (χ0v) is 15.7. The van der Waals surface area contributed by atoms with Crippen molar-refractivity contribution in [3.8, 4) is 11.5 Å². The largest absolute Gasteiger partial charge is 0.494 e. The summed E-state index contributed by atoms with van der Waals surface area (Å²) in [4.78, 5) is 23.6. The van der Waals surface area contributed by atoms with Gasteiger partial charge in [-0.15, -0.1) is 0 Å². The van der Waals surface area contributed by atoms with Gasteiger partial charge in [-0.1, -0.05) is 29.8 Å². The summed E-state index contributed by atoms with van der Waals surface area (Å²) in [6, 6.07) is 13.0. The number of rotatable bonds is 7. The monoisotopic (exact) mass is 368 g/mol. The molecule has 6 nitrogen and oxygen atoms in total. The third-order valence-corrected chi connectivity index (χ3v) is 3.63. The Morgan fingerprint density at radius 1 is 1.00 bits per heavy atom. The van der Waals surface area contributed by atoms with Crippen LogP contribution in [0.2, 0.25) is 0 Å². The fourth-order valence-electron chi connectivity index (χ4n) is 2.33. The lowest BCUT2D eigenvalue weighted by Gasteiger charge is -2.10. The second kappa shape index (κ2) is 10.0. The number of hydrogen-bond acceptors (Lipinski definition) is 4. The lowest BCUT2D eigenvalue weighted by Crippen LogP contribution is -2.43. The maximum Gasteiger partial charge on any atom is 0.276 e.